The molecule has 3 aromatic carbocycles. The van der Waals surface area contributed by atoms with Gasteiger partial charge in [-0.25, -0.2) is 22.2 Å². The van der Waals surface area contributed by atoms with Gasteiger partial charge in [0.15, 0.2) is 0 Å². The maximum absolute atomic E-state index is 13.8. The number of hydrogen-bond donors (Lipinski definition) is 1. The van der Waals surface area contributed by atoms with Crippen LogP contribution >= 0.6 is 11.3 Å². The number of sulfonamides is 1. The molecule has 0 radical (unpaired) electrons. The first-order valence-corrected chi connectivity index (χ1v) is 10.9. The summed E-state index contributed by atoms with van der Waals surface area (Å²) in [6.45, 7) is 0. The lowest BCUT2D eigenvalue weighted by atomic mass is 10.1. The van der Waals surface area contributed by atoms with Gasteiger partial charge >= 0.3 is 0 Å². The van der Waals surface area contributed by atoms with Crippen molar-refractivity contribution < 1.29 is 17.2 Å². The summed E-state index contributed by atoms with van der Waals surface area (Å²) in [5.41, 5.74) is 2.87. The Hall–Kier alpha value is -3.10. The van der Waals surface area contributed by atoms with Crippen molar-refractivity contribution in [2.24, 2.45) is 0 Å². The molecule has 0 fully saturated rings. The fraction of sp³-hybridized carbons (Fsp3) is 0. The van der Waals surface area contributed by atoms with E-state index in [-0.39, 0.29) is 5.69 Å². The van der Waals surface area contributed by atoms with Crippen molar-refractivity contribution in [3.8, 4) is 21.8 Å². The fourth-order valence-corrected chi connectivity index (χ4v) is 4.69. The topological polar surface area (TPSA) is 59.1 Å². The molecule has 4 aromatic rings. The van der Waals surface area contributed by atoms with Gasteiger partial charge in [0.1, 0.15) is 21.5 Å². The molecule has 4 rings (SSSR count). The summed E-state index contributed by atoms with van der Waals surface area (Å²) >= 11 is 1.52. The number of anilines is 1. The molecule has 29 heavy (non-hydrogen) atoms. The Morgan fingerprint density at radius 3 is 2.28 bits per heavy atom. The first-order valence-electron chi connectivity index (χ1n) is 8.52. The van der Waals surface area contributed by atoms with Crippen molar-refractivity contribution in [1.82, 2.24) is 4.98 Å². The maximum atomic E-state index is 13.8. The molecule has 0 spiro atoms. The van der Waals surface area contributed by atoms with Crippen molar-refractivity contribution in [2.45, 2.75) is 4.90 Å². The van der Waals surface area contributed by atoms with Gasteiger partial charge < -0.3 is 0 Å². The van der Waals surface area contributed by atoms with Crippen molar-refractivity contribution in [1.29, 1.82) is 0 Å². The zero-order valence-corrected chi connectivity index (χ0v) is 16.5. The lowest BCUT2D eigenvalue weighted by molar-refractivity contribution is 0.551. The Bertz CT molecular complexity index is 1260. The first kappa shape index (κ1) is 19.2. The second kappa shape index (κ2) is 7.73. The van der Waals surface area contributed by atoms with Crippen molar-refractivity contribution in [3.63, 3.8) is 0 Å². The fourth-order valence-electron chi connectivity index (χ4n) is 2.73. The Morgan fingerprint density at radius 1 is 0.862 bits per heavy atom. The van der Waals surface area contributed by atoms with Gasteiger partial charge in [-0.15, -0.1) is 11.3 Å². The van der Waals surface area contributed by atoms with Gasteiger partial charge in [-0.3, -0.25) is 4.72 Å². The summed E-state index contributed by atoms with van der Waals surface area (Å²) in [7, 11) is -4.18. The van der Waals surface area contributed by atoms with E-state index < -0.39 is 26.6 Å². The van der Waals surface area contributed by atoms with Crippen LogP contribution in [-0.4, -0.2) is 13.4 Å². The van der Waals surface area contributed by atoms with Gasteiger partial charge in [0, 0.05) is 28.3 Å². The van der Waals surface area contributed by atoms with Crippen LogP contribution in [0.4, 0.5) is 14.5 Å². The highest BCUT2D eigenvalue weighted by Crippen LogP contribution is 2.29. The molecule has 146 valence electrons. The third kappa shape index (κ3) is 4.18. The normalized spacial score (nSPS) is 11.4. The zero-order chi connectivity index (χ0) is 20.4. The predicted octanol–water partition coefficient (Wildman–Crippen LogP) is 5.56. The molecular formula is C21H14F2N2O2S2. The van der Waals surface area contributed by atoms with Crippen LogP contribution in [0.25, 0.3) is 21.8 Å². The largest absolute Gasteiger partial charge is 0.280 e. The second-order valence-corrected chi connectivity index (χ2v) is 8.67. The Morgan fingerprint density at radius 2 is 1.59 bits per heavy atom. The number of halogens is 2. The van der Waals surface area contributed by atoms with E-state index >= 15 is 0 Å². The smallest absolute Gasteiger partial charge is 0.264 e. The van der Waals surface area contributed by atoms with Crippen LogP contribution in [0.3, 0.4) is 0 Å². The highest BCUT2D eigenvalue weighted by atomic mass is 32.2. The van der Waals surface area contributed by atoms with E-state index in [1.807, 2.05) is 35.7 Å². The summed E-state index contributed by atoms with van der Waals surface area (Å²) in [4.78, 5) is 4.00. The minimum Gasteiger partial charge on any atom is -0.280 e. The highest BCUT2D eigenvalue weighted by molar-refractivity contribution is 7.92. The van der Waals surface area contributed by atoms with Crippen LogP contribution < -0.4 is 4.72 Å². The van der Waals surface area contributed by atoms with Crippen LogP contribution in [0.5, 0.6) is 0 Å². The van der Waals surface area contributed by atoms with Gasteiger partial charge in [0.25, 0.3) is 10.0 Å². The Balaban J connectivity index is 1.55. The summed E-state index contributed by atoms with van der Waals surface area (Å²) in [6, 6.07) is 18.7. The molecule has 8 heteroatoms. The van der Waals surface area contributed by atoms with Crippen LogP contribution in [0.1, 0.15) is 0 Å². The lowest BCUT2D eigenvalue weighted by Crippen LogP contribution is -2.14. The van der Waals surface area contributed by atoms with Crippen LogP contribution in [0.2, 0.25) is 0 Å². The van der Waals surface area contributed by atoms with Gasteiger partial charge in [0.05, 0.1) is 5.69 Å². The summed E-state index contributed by atoms with van der Waals surface area (Å²) < 4.78 is 53.9. The van der Waals surface area contributed by atoms with Crippen LogP contribution in [0.15, 0.2) is 83.1 Å². The second-order valence-electron chi connectivity index (χ2n) is 6.16. The molecular weight excluding hydrogens is 414 g/mol. The number of hydrogen-bond acceptors (Lipinski definition) is 4. The zero-order valence-electron chi connectivity index (χ0n) is 14.8. The monoisotopic (exact) mass is 428 g/mol. The Labute approximate surface area is 170 Å². The number of thiazole rings is 1. The number of benzene rings is 3. The molecule has 0 saturated heterocycles. The van der Waals surface area contributed by atoms with E-state index in [9.17, 15) is 17.2 Å². The highest BCUT2D eigenvalue weighted by Gasteiger charge is 2.19. The number of nitrogens with zero attached hydrogens (tertiary/aromatic N) is 1. The van der Waals surface area contributed by atoms with E-state index in [1.54, 1.807) is 24.3 Å². The Kier molecular flexibility index (Phi) is 5.12. The molecule has 1 N–H and O–H groups in total. The lowest BCUT2D eigenvalue weighted by Gasteiger charge is -2.09. The van der Waals surface area contributed by atoms with Gasteiger partial charge in [0.2, 0.25) is 0 Å². The SMILES string of the molecule is O=S(=O)(Nc1ccc(-c2csc(-c3ccccc3)n2)cc1)c1ccc(F)cc1F. The third-order valence-electron chi connectivity index (χ3n) is 4.14. The average Bonchev–Trinajstić information content (AvgIpc) is 3.19. The average molecular weight is 428 g/mol. The summed E-state index contributed by atoms with van der Waals surface area (Å²) in [5, 5.41) is 2.81. The number of rotatable bonds is 5. The van der Waals surface area contributed by atoms with Gasteiger partial charge in [-0.1, -0.05) is 42.5 Å². The molecule has 0 aliphatic rings. The van der Waals surface area contributed by atoms with E-state index in [0.29, 0.717) is 6.07 Å². The minimum atomic E-state index is -4.18. The first-order chi connectivity index (χ1) is 13.9. The molecule has 1 heterocycles. The van der Waals surface area contributed by atoms with Crippen molar-refractivity contribution >= 4 is 27.0 Å². The van der Waals surface area contributed by atoms with Gasteiger partial charge in [-0.2, -0.15) is 0 Å². The minimum absolute atomic E-state index is 0.260. The predicted molar refractivity (Wildman–Crippen MR) is 110 cm³/mol. The van der Waals surface area contributed by atoms with Gasteiger partial charge in [-0.05, 0) is 24.3 Å². The van der Waals surface area contributed by atoms with Crippen molar-refractivity contribution in [3.05, 3.63) is 89.8 Å². The molecule has 0 amide bonds. The summed E-state index contributed by atoms with van der Waals surface area (Å²) in [5.74, 6) is -1.99. The molecule has 0 saturated carbocycles. The number of aromatic nitrogens is 1. The molecule has 0 aliphatic carbocycles. The molecule has 0 atom stereocenters. The molecule has 4 nitrogen and oxygen atoms in total. The quantitative estimate of drug-likeness (QED) is 0.453. The molecule has 1 aromatic heterocycles. The summed E-state index contributed by atoms with van der Waals surface area (Å²) in [6.07, 6.45) is 0. The van der Waals surface area contributed by atoms with E-state index in [2.05, 4.69) is 9.71 Å². The van der Waals surface area contributed by atoms with Crippen LogP contribution in [-0.2, 0) is 10.0 Å². The molecule has 0 bridgehead atoms. The molecule has 0 aliphatic heterocycles. The number of nitrogens with one attached hydrogen (secondary N) is 1. The van der Waals surface area contributed by atoms with Crippen molar-refractivity contribution in [2.75, 3.05) is 4.72 Å². The van der Waals surface area contributed by atoms with E-state index in [4.69, 9.17) is 0 Å². The van der Waals surface area contributed by atoms with E-state index in [1.165, 1.54) is 11.3 Å². The molecule has 0 unspecified atom stereocenters. The van der Waals surface area contributed by atoms with E-state index in [0.717, 1.165) is 34.0 Å². The third-order valence-corrected chi connectivity index (χ3v) is 6.45. The standard InChI is InChI=1S/C21H14F2N2O2S2/c22-16-8-11-20(18(23)12-16)29(26,27)25-17-9-6-14(7-10-17)19-13-28-21(24-19)15-4-2-1-3-5-15/h1-13,25H. The maximum Gasteiger partial charge on any atom is 0.264 e. The van der Waals surface area contributed by atoms with Crippen LogP contribution in [0, 0.1) is 11.6 Å².